The Morgan fingerprint density at radius 2 is 2.26 bits per heavy atom. The van der Waals surface area contributed by atoms with Crippen LogP contribution in [-0.2, 0) is 6.42 Å². The van der Waals surface area contributed by atoms with Gasteiger partial charge in [-0.05, 0) is 69.9 Å². The second-order valence-electron chi connectivity index (χ2n) is 5.46. The number of aryl methyl sites for hydroxylation is 1. The van der Waals surface area contributed by atoms with E-state index in [1.807, 2.05) is 0 Å². The quantitative estimate of drug-likeness (QED) is 0.739. The van der Waals surface area contributed by atoms with Crippen LogP contribution in [0.5, 0.6) is 5.75 Å². The van der Waals surface area contributed by atoms with Crippen molar-refractivity contribution in [2.75, 3.05) is 33.3 Å². The highest BCUT2D eigenvalue weighted by molar-refractivity contribution is 5.37. The van der Waals surface area contributed by atoms with Crippen molar-refractivity contribution in [3.05, 3.63) is 29.3 Å². The molecule has 19 heavy (non-hydrogen) atoms. The van der Waals surface area contributed by atoms with Crippen molar-refractivity contribution in [3.63, 3.8) is 0 Å². The lowest BCUT2D eigenvalue weighted by Gasteiger charge is -2.11. The van der Waals surface area contributed by atoms with Gasteiger partial charge in [0.05, 0.1) is 7.11 Å². The molecule has 2 N–H and O–H groups in total. The Morgan fingerprint density at radius 3 is 3.00 bits per heavy atom. The van der Waals surface area contributed by atoms with Crippen molar-refractivity contribution in [2.45, 2.75) is 26.2 Å². The van der Waals surface area contributed by atoms with Crippen LogP contribution in [0.25, 0.3) is 0 Å². The molecule has 1 aliphatic rings. The summed E-state index contributed by atoms with van der Waals surface area (Å²) in [6.45, 7) is 6.68. The third-order valence-electron chi connectivity index (χ3n) is 3.90. The summed E-state index contributed by atoms with van der Waals surface area (Å²) in [4.78, 5) is 0. The summed E-state index contributed by atoms with van der Waals surface area (Å²) in [7, 11) is 1.74. The van der Waals surface area contributed by atoms with Crippen LogP contribution in [0.4, 0.5) is 0 Å². The Bertz CT molecular complexity index is 386. The summed E-state index contributed by atoms with van der Waals surface area (Å²) in [6, 6.07) is 6.39. The van der Waals surface area contributed by atoms with E-state index in [1.165, 1.54) is 37.1 Å². The maximum Gasteiger partial charge on any atom is 0.122 e. The van der Waals surface area contributed by atoms with Crippen molar-refractivity contribution in [3.8, 4) is 5.75 Å². The van der Waals surface area contributed by atoms with Gasteiger partial charge in [-0.3, -0.25) is 0 Å². The van der Waals surface area contributed by atoms with E-state index in [0.717, 1.165) is 31.2 Å². The van der Waals surface area contributed by atoms with Crippen LogP contribution in [0.3, 0.4) is 0 Å². The molecule has 0 radical (unpaired) electrons. The van der Waals surface area contributed by atoms with E-state index in [4.69, 9.17) is 4.74 Å². The summed E-state index contributed by atoms with van der Waals surface area (Å²) >= 11 is 0. The summed E-state index contributed by atoms with van der Waals surface area (Å²) < 4.78 is 5.40. The molecule has 1 heterocycles. The summed E-state index contributed by atoms with van der Waals surface area (Å²) in [5.74, 6) is 1.88. The Labute approximate surface area is 116 Å². The van der Waals surface area contributed by atoms with Gasteiger partial charge >= 0.3 is 0 Å². The number of rotatable bonds is 7. The minimum absolute atomic E-state index is 0.876. The average Bonchev–Trinajstić information content (AvgIpc) is 2.92. The van der Waals surface area contributed by atoms with E-state index in [9.17, 15) is 0 Å². The molecule has 106 valence electrons. The number of benzene rings is 1. The van der Waals surface area contributed by atoms with Gasteiger partial charge in [-0.1, -0.05) is 17.7 Å². The van der Waals surface area contributed by atoms with E-state index in [0.29, 0.717) is 0 Å². The molecular weight excluding hydrogens is 236 g/mol. The number of ether oxygens (including phenoxy) is 1. The summed E-state index contributed by atoms with van der Waals surface area (Å²) in [6.07, 6.45) is 3.67. The highest BCUT2D eigenvalue weighted by Crippen LogP contribution is 2.19. The average molecular weight is 262 g/mol. The summed E-state index contributed by atoms with van der Waals surface area (Å²) in [5.41, 5.74) is 2.60. The second kappa shape index (κ2) is 7.51. The van der Waals surface area contributed by atoms with Crippen molar-refractivity contribution >= 4 is 0 Å². The first-order valence-corrected chi connectivity index (χ1v) is 7.34. The van der Waals surface area contributed by atoms with Gasteiger partial charge in [-0.15, -0.1) is 0 Å². The van der Waals surface area contributed by atoms with E-state index in [1.54, 1.807) is 7.11 Å². The number of hydrogen-bond donors (Lipinski definition) is 2. The topological polar surface area (TPSA) is 33.3 Å². The van der Waals surface area contributed by atoms with Crippen LogP contribution in [0.2, 0.25) is 0 Å². The molecule has 0 spiro atoms. The molecule has 0 aliphatic carbocycles. The first-order valence-electron chi connectivity index (χ1n) is 7.34. The molecule has 0 bridgehead atoms. The van der Waals surface area contributed by atoms with Crippen molar-refractivity contribution in [1.82, 2.24) is 10.6 Å². The van der Waals surface area contributed by atoms with Gasteiger partial charge in [0, 0.05) is 0 Å². The Balaban J connectivity index is 1.68. The SMILES string of the molecule is COc1ccc(C)cc1CCNCCC1CCNC1. The molecule has 1 atom stereocenters. The first-order chi connectivity index (χ1) is 9.29. The molecule has 1 unspecified atom stereocenters. The predicted octanol–water partition coefficient (Wildman–Crippen LogP) is 2.14. The van der Waals surface area contributed by atoms with Crippen LogP contribution in [0, 0.1) is 12.8 Å². The zero-order valence-corrected chi connectivity index (χ0v) is 12.2. The largest absolute Gasteiger partial charge is 0.496 e. The number of nitrogens with one attached hydrogen (secondary N) is 2. The Hall–Kier alpha value is -1.06. The van der Waals surface area contributed by atoms with Gasteiger partial charge < -0.3 is 15.4 Å². The molecule has 1 fully saturated rings. The fourth-order valence-electron chi connectivity index (χ4n) is 2.72. The van der Waals surface area contributed by atoms with Crippen LogP contribution >= 0.6 is 0 Å². The fraction of sp³-hybridized carbons (Fsp3) is 0.625. The lowest BCUT2D eigenvalue weighted by Crippen LogP contribution is -2.21. The Morgan fingerprint density at radius 1 is 1.37 bits per heavy atom. The van der Waals surface area contributed by atoms with Gasteiger partial charge in [-0.2, -0.15) is 0 Å². The third kappa shape index (κ3) is 4.51. The molecule has 3 nitrogen and oxygen atoms in total. The van der Waals surface area contributed by atoms with Gasteiger partial charge in [0.15, 0.2) is 0 Å². The normalized spacial score (nSPS) is 18.7. The highest BCUT2D eigenvalue weighted by Gasteiger charge is 2.13. The third-order valence-corrected chi connectivity index (χ3v) is 3.90. The van der Waals surface area contributed by atoms with E-state index in [2.05, 4.69) is 35.8 Å². The van der Waals surface area contributed by atoms with E-state index in [-0.39, 0.29) is 0 Å². The van der Waals surface area contributed by atoms with Crippen LogP contribution < -0.4 is 15.4 Å². The molecule has 1 aliphatic heterocycles. The first kappa shape index (κ1) is 14.4. The van der Waals surface area contributed by atoms with Crippen LogP contribution in [0.15, 0.2) is 18.2 Å². The van der Waals surface area contributed by atoms with Gasteiger partial charge in [-0.25, -0.2) is 0 Å². The van der Waals surface area contributed by atoms with Crippen molar-refractivity contribution < 1.29 is 4.74 Å². The van der Waals surface area contributed by atoms with E-state index < -0.39 is 0 Å². The smallest absolute Gasteiger partial charge is 0.122 e. The maximum absolute atomic E-state index is 5.40. The standard InChI is InChI=1S/C16H26N2O/c1-13-3-4-16(19-2)15(11-13)7-10-17-8-5-14-6-9-18-12-14/h3-4,11,14,17-18H,5-10,12H2,1-2H3. The molecule has 2 rings (SSSR count). The molecule has 0 aromatic heterocycles. The zero-order valence-electron chi connectivity index (χ0n) is 12.2. The molecular formula is C16H26N2O. The molecule has 0 saturated carbocycles. The molecule has 0 amide bonds. The predicted molar refractivity (Wildman–Crippen MR) is 79.9 cm³/mol. The van der Waals surface area contributed by atoms with Gasteiger partial charge in [0.2, 0.25) is 0 Å². The minimum Gasteiger partial charge on any atom is -0.496 e. The number of methoxy groups -OCH3 is 1. The lowest BCUT2D eigenvalue weighted by molar-refractivity contribution is 0.408. The zero-order chi connectivity index (χ0) is 13.5. The second-order valence-corrected chi connectivity index (χ2v) is 5.46. The van der Waals surface area contributed by atoms with Crippen molar-refractivity contribution in [2.24, 2.45) is 5.92 Å². The minimum atomic E-state index is 0.876. The highest BCUT2D eigenvalue weighted by atomic mass is 16.5. The summed E-state index contributed by atoms with van der Waals surface area (Å²) in [5, 5.41) is 6.96. The molecule has 3 heteroatoms. The maximum atomic E-state index is 5.40. The fourth-order valence-corrected chi connectivity index (χ4v) is 2.72. The van der Waals surface area contributed by atoms with Gasteiger partial charge in [0.25, 0.3) is 0 Å². The lowest BCUT2D eigenvalue weighted by atomic mass is 10.0. The van der Waals surface area contributed by atoms with E-state index >= 15 is 0 Å². The number of hydrogen-bond acceptors (Lipinski definition) is 3. The monoisotopic (exact) mass is 262 g/mol. The van der Waals surface area contributed by atoms with Gasteiger partial charge in [0.1, 0.15) is 5.75 Å². The molecule has 1 aromatic rings. The van der Waals surface area contributed by atoms with Crippen LogP contribution in [0.1, 0.15) is 24.0 Å². The van der Waals surface area contributed by atoms with Crippen LogP contribution in [-0.4, -0.2) is 33.3 Å². The Kier molecular flexibility index (Phi) is 5.67. The van der Waals surface area contributed by atoms with Crippen molar-refractivity contribution in [1.29, 1.82) is 0 Å². The molecule has 1 saturated heterocycles. The molecule has 1 aromatic carbocycles.